The number of aromatic nitrogens is 1. The average Bonchev–Trinajstić information content (AvgIpc) is 2.26. The van der Waals surface area contributed by atoms with Gasteiger partial charge in [0, 0.05) is 18.3 Å². The molecule has 0 fully saturated rings. The van der Waals surface area contributed by atoms with Crippen LogP contribution in [0.25, 0.3) is 0 Å². The summed E-state index contributed by atoms with van der Waals surface area (Å²) in [7, 11) is 0. The number of aliphatic hydroxyl groups excluding tert-OH is 1. The summed E-state index contributed by atoms with van der Waals surface area (Å²) in [5.74, 6) is 0.201. The lowest BCUT2D eigenvalue weighted by molar-refractivity contribution is -0.119. The summed E-state index contributed by atoms with van der Waals surface area (Å²) in [6, 6.07) is 3.19. The third-order valence-corrected chi connectivity index (χ3v) is 2.43. The number of alkyl halides is 3. The molecule has 0 saturated carbocycles. The summed E-state index contributed by atoms with van der Waals surface area (Å²) in [5, 5.41) is 9.57. The van der Waals surface area contributed by atoms with Gasteiger partial charge in [0.1, 0.15) is 12.4 Å². The van der Waals surface area contributed by atoms with Crippen LogP contribution in [0.2, 0.25) is 0 Å². The average molecular weight is 262 g/mol. The maximum absolute atomic E-state index is 12.5. The van der Waals surface area contributed by atoms with Crippen molar-refractivity contribution in [3.05, 3.63) is 23.9 Å². The summed E-state index contributed by atoms with van der Waals surface area (Å²) in [4.78, 5) is 5.12. The highest BCUT2D eigenvalue weighted by atomic mass is 19.4. The van der Waals surface area contributed by atoms with Gasteiger partial charge in [0.05, 0.1) is 6.10 Å². The topological polar surface area (TPSA) is 36.4 Å². The number of anilines is 1. The molecule has 1 aromatic heterocycles. The van der Waals surface area contributed by atoms with E-state index in [2.05, 4.69) is 4.98 Å². The molecule has 0 aliphatic rings. The molecule has 102 valence electrons. The molecule has 0 radical (unpaired) electrons. The van der Waals surface area contributed by atoms with Gasteiger partial charge in [-0.1, -0.05) is 13.0 Å². The van der Waals surface area contributed by atoms with Crippen LogP contribution in [-0.4, -0.2) is 29.4 Å². The van der Waals surface area contributed by atoms with Crippen molar-refractivity contribution in [1.29, 1.82) is 0 Å². The summed E-state index contributed by atoms with van der Waals surface area (Å²) in [6.45, 7) is 2.50. The van der Waals surface area contributed by atoms with Crippen LogP contribution in [0.5, 0.6) is 0 Å². The van der Waals surface area contributed by atoms with Crippen LogP contribution < -0.4 is 4.90 Å². The molecular weight excluding hydrogens is 245 g/mol. The molecule has 3 nitrogen and oxygen atoms in total. The van der Waals surface area contributed by atoms with Crippen LogP contribution in [0, 0.1) is 0 Å². The van der Waals surface area contributed by atoms with E-state index in [1.54, 1.807) is 19.1 Å². The maximum atomic E-state index is 12.5. The second kappa shape index (κ2) is 6.04. The largest absolute Gasteiger partial charge is 0.405 e. The molecule has 1 heterocycles. The fourth-order valence-electron chi connectivity index (χ4n) is 1.75. The van der Waals surface area contributed by atoms with Crippen molar-refractivity contribution in [3.8, 4) is 0 Å². The van der Waals surface area contributed by atoms with Crippen LogP contribution in [0.15, 0.2) is 18.3 Å². The van der Waals surface area contributed by atoms with Crippen LogP contribution >= 0.6 is 0 Å². The predicted octanol–water partition coefficient (Wildman–Crippen LogP) is 2.91. The van der Waals surface area contributed by atoms with E-state index in [9.17, 15) is 18.3 Å². The van der Waals surface area contributed by atoms with Gasteiger partial charge in [-0.15, -0.1) is 0 Å². The fourth-order valence-corrected chi connectivity index (χ4v) is 1.75. The molecule has 1 rings (SSSR count). The maximum Gasteiger partial charge on any atom is 0.405 e. The number of hydrogen-bond donors (Lipinski definition) is 1. The Balaban J connectivity index is 3.05. The highest BCUT2D eigenvalue weighted by Gasteiger charge is 2.32. The van der Waals surface area contributed by atoms with Crippen molar-refractivity contribution >= 4 is 5.82 Å². The van der Waals surface area contributed by atoms with E-state index in [-0.39, 0.29) is 12.4 Å². The monoisotopic (exact) mass is 262 g/mol. The van der Waals surface area contributed by atoms with Crippen molar-refractivity contribution in [2.75, 3.05) is 18.0 Å². The minimum absolute atomic E-state index is 0.201. The lowest BCUT2D eigenvalue weighted by atomic mass is 10.1. The molecule has 6 heteroatoms. The molecule has 1 aromatic rings. The number of hydrogen-bond acceptors (Lipinski definition) is 3. The Kier molecular flexibility index (Phi) is 4.95. The molecule has 0 saturated heterocycles. The fraction of sp³-hybridized carbons (Fsp3) is 0.583. The van der Waals surface area contributed by atoms with E-state index >= 15 is 0 Å². The standard InChI is InChI=1S/C12H17F3N2O/c1-3-7-17(8-12(13,14)15)11-10(9(2)18)5-4-6-16-11/h4-6,9,18H,3,7-8H2,1-2H3/t9-/m1/s1. The first-order valence-corrected chi connectivity index (χ1v) is 5.80. The summed E-state index contributed by atoms with van der Waals surface area (Å²) in [5.41, 5.74) is 0.412. The Morgan fingerprint density at radius 2 is 2.11 bits per heavy atom. The van der Waals surface area contributed by atoms with Gasteiger partial charge in [0.15, 0.2) is 0 Å². The Labute approximate surface area is 104 Å². The van der Waals surface area contributed by atoms with Gasteiger partial charge < -0.3 is 10.0 Å². The molecular formula is C12H17F3N2O. The van der Waals surface area contributed by atoms with Crippen molar-refractivity contribution < 1.29 is 18.3 Å². The zero-order chi connectivity index (χ0) is 13.8. The first kappa shape index (κ1) is 14.8. The van der Waals surface area contributed by atoms with E-state index in [0.717, 1.165) is 4.90 Å². The molecule has 18 heavy (non-hydrogen) atoms. The minimum atomic E-state index is -4.29. The van der Waals surface area contributed by atoms with E-state index < -0.39 is 18.8 Å². The van der Waals surface area contributed by atoms with Crippen molar-refractivity contribution in [3.63, 3.8) is 0 Å². The zero-order valence-electron chi connectivity index (χ0n) is 10.4. The summed E-state index contributed by atoms with van der Waals surface area (Å²) in [6.07, 6.45) is -3.13. The summed E-state index contributed by atoms with van der Waals surface area (Å²) >= 11 is 0. The molecule has 0 bridgehead atoms. The van der Waals surface area contributed by atoms with E-state index in [4.69, 9.17) is 0 Å². The predicted molar refractivity (Wildman–Crippen MR) is 63.4 cm³/mol. The Hall–Kier alpha value is -1.30. The molecule has 0 aliphatic heterocycles. The lowest BCUT2D eigenvalue weighted by Crippen LogP contribution is -2.36. The highest BCUT2D eigenvalue weighted by Crippen LogP contribution is 2.27. The SMILES string of the molecule is CCCN(CC(F)(F)F)c1ncccc1[C@@H](C)O. The van der Waals surface area contributed by atoms with E-state index in [0.29, 0.717) is 12.0 Å². The zero-order valence-corrected chi connectivity index (χ0v) is 10.4. The molecule has 1 N–H and O–H groups in total. The Bertz CT molecular complexity index is 380. The van der Waals surface area contributed by atoms with Gasteiger partial charge in [0.25, 0.3) is 0 Å². The molecule has 0 aliphatic carbocycles. The van der Waals surface area contributed by atoms with Gasteiger partial charge in [-0.3, -0.25) is 0 Å². The number of pyridine rings is 1. The van der Waals surface area contributed by atoms with E-state index in [1.807, 2.05) is 0 Å². The van der Waals surface area contributed by atoms with Crippen LogP contribution in [0.3, 0.4) is 0 Å². The highest BCUT2D eigenvalue weighted by molar-refractivity contribution is 5.47. The third kappa shape index (κ3) is 4.18. The molecule has 0 unspecified atom stereocenters. The summed E-state index contributed by atoms with van der Waals surface area (Å²) < 4.78 is 37.5. The van der Waals surface area contributed by atoms with Gasteiger partial charge in [-0.25, -0.2) is 4.98 Å². The van der Waals surface area contributed by atoms with E-state index in [1.165, 1.54) is 13.1 Å². The van der Waals surface area contributed by atoms with Crippen molar-refractivity contribution in [2.45, 2.75) is 32.5 Å². The third-order valence-electron chi connectivity index (χ3n) is 2.43. The molecule has 0 spiro atoms. The Morgan fingerprint density at radius 1 is 1.44 bits per heavy atom. The van der Waals surface area contributed by atoms with Gasteiger partial charge >= 0.3 is 6.18 Å². The number of halogens is 3. The van der Waals surface area contributed by atoms with Crippen molar-refractivity contribution in [1.82, 2.24) is 4.98 Å². The smallest absolute Gasteiger partial charge is 0.389 e. The van der Waals surface area contributed by atoms with Crippen LogP contribution in [-0.2, 0) is 0 Å². The second-order valence-corrected chi connectivity index (χ2v) is 4.13. The van der Waals surface area contributed by atoms with Crippen molar-refractivity contribution in [2.24, 2.45) is 0 Å². The first-order valence-electron chi connectivity index (χ1n) is 5.80. The Morgan fingerprint density at radius 3 is 2.61 bits per heavy atom. The number of rotatable bonds is 5. The van der Waals surface area contributed by atoms with Crippen LogP contribution in [0.1, 0.15) is 31.9 Å². The normalized spacial score (nSPS) is 13.4. The van der Waals surface area contributed by atoms with Gasteiger partial charge in [0.2, 0.25) is 0 Å². The van der Waals surface area contributed by atoms with Gasteiger partial charge in [-0.05, 0) is 19.4 Å². The second-order valence-electron chi connectivity index (χ2n) is 4.13. The minimum Gasteiger partial charge on any atom is -0.389 e. The quantitative estimate of drug-likeness (QED) is 0.886. The van der Waals surface area contributed by atoms with Crippen LogP contribution in [0.4, 0.5) is 19.0 Å². The molecule has 0 amide bonds. The first-order chi connectivity index (χ1) is 8.35. The molecule has 1 atom stereocenters. The number of nitrogens with zero attached hydrogens (tertiary/aromatic N) is 2. The van der Waals surface area contributed by atoms with Gasteiger partial charge in [-0.2, -0.15) is 13.2 Å². The lowest BCUT2D eigenvalue weighted by Gasteiger charge is -2.27. The number of aliphatic hydroxyl groups is 1. The molecule has 0 aromatic carbocycles.